The molecule has 0 bridgehead atoms. The van der Waals surface area contributed by atoms with Crippen molar-refractivity contribution in [3.8, 4) is 0 Å². The maximum atomic E-state index is 4.12. The Kier molecular flexibility index (Phi) is 6.96. The first-order valence-corrected chi connectivity index (χ1v) is 8.10. The molecular formula is C19H26N2. The average molecular weight is 282 g/mol. The Morgan fingerprint density at radius 1 is 0.857 bits per heavy atom. The van der Waals surface area contributed by atoms with Crippen molar-refractivity contribution in [3.63, 3.8) is 0 Å². The molecule has 0 fully saturated rings. The molecule has 0 aliphatic carbocycles. The predicted molar refractivity (Wildman–Crippen MR) is 89.3 cm³/mol. The van der Waals surface area contributed by atoms with Gasteiger partial charge in [0.1, 0.15) is 0 Å². The molecule has 0 aliphatic rings. The van der Waals surface area contributed by atoms with Crippen molar-refractivity contribution in [2.75, 3.05) is 6.54 Å². The van der Waals surface area contributed by atoms with Crippen LogP contribution in [-0.2, 0) is 0 Å². The molecule has 1 unspecified atom stereocenters. The van der Waals surface area contributed by atoms with Gasteiger partial charge in [-0.25, -0.2) is 0 Å². The highest BCUT2D eigenvalue weighted by Gasteiger charge is 2.12. The van der Waals surface area contributed by atoms with E-state index in [9.17, 15) is 0 Å². The summed E-state index contributed by atoms with van der Waals surface area (Å²) in [5.41, 5.74) is 2.60. The van der Waals surface area contributed by atoms with E-state index in [2.05, 4.69) is 59.7 Å². The van der Waals surface area contributed by atoms with Crippen LogP contribution in [0.1, 0.15) is 56.2 Å². The topological polar surface area (TPSA) is 24.9 Å². The first-order valence-electron chi connectivity index (χ1n) is 8.10. The maximum absolute atomic E-state index is 4.12. The van der Waals surface area contributed by atoms with Gasteiger partial charge in [0, 0.05) is 12.4 Å². The lowest BCUT2D eigenvalue weighted by Gasteiger charge is -2.19. The Hall–Kier alpha value is -1.67. The van der Waals surface area contributed by atoms with E-state index in [0.29, 0.717) is 0 Å². The van der Waals surface area contributed by atoms with Crippen LogP contribution in [0.15, 0.2) is 54.9 Å². The zero-order valence-electron chi connectivity index (χ0n) is 13.0. The number of hydrogen-bond acceptors (Lipinski definition) is 2. The standard InChI is InChI=1S/C19H26N2/c1-2-3-4-5-9-14-21-19(17-10-7-6-8-11-17)18-12-15-20-16-13-18/h6-8,10-13,15-16,19,21H,2-5,9,14H2,1H3. The Labute approximate surface area is 128 Å². The summed E-state index contributed by atoms with van der Waals surface area (Å²) in [6.45, 7) is 3.32. The molecule has 0 amide bonds. The number of nitrogens with zero attached hydrogens (tertiary/aromatic N) is 1. The second-order valence-electron chi connectivity index (χ2n) is 5.49. The lowest BCUT2D eigenvalue weighted by Crippen LogP contribution is -2.23. The molecule has 1 atom stereocenters. The second-order valence-corrected chi connectivity index (χ2v) is 5.49. The summed E-state index contributed by atoms with van der Waals surface area (Å²) in [7, 11) is 0. The van der Waals surface area contributed by atoms with Gasteiger partial charge in [-0.15, -0.1) is 0 Å². The van der Waals surface area contributed by atoms with Crippen molar-refractivity contribution < 1.29 is 0 Å². The van der Waals surface area contributed by atoms with Crippen LogP contribution in [0.2, 0.25) is 0 Å². The van der Waals surface area contributed by atoms with Crippen LogP contribution in [0.3, 0.4) is 0 Å². The molecule has 1 aromatic carbocycles. The van der Waals surface area contributed by atoms with Crippen molar-refractivity contribution >= 4 is 0 Å². The van der Waals surface area contributed by atoms with Crippen LogP contribution >= 0.6 is 0 Å². The lowest BCUT2D eigenvalue weighted by molar-refractivity contribution is 0.548. The van der Waals surface area contributed by atoms with Gasteiger partial charge in [-0.3, -0.25) is 4.98 Å². The third-order valence-corrected chi connectivity index (χ3v) is 3.80. The van der Waals surface area contributed by atoms with Crippen molar-refractivity contribution in [3.05, 3.63) is 66.0 Å². The molecule has 2 rings (SSSR count). The van der Waals surface area contributed by atoms with Crippen LogP contribution < -0.4 is 5.32 Å². The second kappa shape index (κ2) is 9.30. The summed E-state index contributed by atoms with van der Waals surface area (Å²) >= 11 is 0. The summed E-state index contributed by atoms with van der Waals surface area (Å²) in [4.78, 5) is 4.12. The van der Waals surface area contributed by atoms with Crippen molar-refractivity contribution in [2.45, 2.75) is 45.1 Å². The number of unbranched alkanes of at least 4 members (excludes halogenated alkanes) is 4. The van der Waals surface area contributed by atoms with Crippen molar-refractivity contribution in [1.29, 1.82) is 0 Å². The van der Waals surface area contributed by atoms with Gasteiger partial charge in [-0.05, 0) is 36.2 Å². The highest BCUT2D eigenvalue weighted by atomic mass is 14.9. The molecule has 0 saturated carbocycles. The van der Waals surface area contributed by atoms with Gasteiger partial charge in [-0.1, -0.05) is 62.9 Å². The van der Waals surface area contributed by atoms with Crippen LogP contribution in [-0.4, -0.2) is 11.5 Å². The Bertz CT molecular complexity index is 442. The normalized spacial score (nSPS) is 12.2. The lowest BCUT2D eigenvalue weighted by atomic mass is 9.99. The zero-order valence-corrected chi connectivity index (χ0v) is 13.0. The van der Waals surface area contributed by atoms with Gasteiger partial charge in [0.15, 0.2) is 0 Å². The molecule has 0 spiro atoms. The van der Waals surface area contributed by atoms with E-state index >= 15 is 0 Å². The summed E-state index contributed by atoms with van der Waals surface area (Å²) in [5.74, 6) is 0. The number of hydrogen-bond donors (Lipinski definition) is 1. The van der Waals surface area contributed by atoms with E-state index in [4.69, 9.17) is 0 Å². The molecular weight excluding hydrogens is 256 g/mol. The van der Waals surface area contributed by atoms with Gasteiger partial charge < -0.3 is 5.32 Å². The zero-order chi connectivity index (χ0) is 14.8. The van der Waals surface area contributed by atoms with E-state index in [1.807, 2.05) is 12.4 Å². The molecule has 1 heterocycles. The third kappa shape index (κ3) is 5.31. The highest BCUT2D eigenvalue weighted by Crippen LogP contribution is 2.21. The summed E-state index contributed by atoms with van der Waals surface area (Å²) in [6, 6.07) is 15.1. The quantitative estimate of drug-likeness (QED) is 0.672. The Morgan fingerprint density at radius 2 is 1.52 bits per heavy atom. The number of aromatic nitrogens is 1. The Morgan fingerprint density at radius 3 is 2.24 bits per heavy atom. The summed E-state index contributed by atoms with van der Waals surface area (Å²) < 4.78 is 0. The minimum atomic E-state index is 0.264. The van der Waals surface area contributed by atoms with Gasteiger partial charge in [0.25, 0.3) is 0 Å². The molecule has 2 aromatic rings. The van der Waals surface area contributed by atoms with E-state index in [1.165, 1.54) is 43.2 Å². The molecule has 1 aromatic heterocycles. The first kappa shape index (κ1) is 15.7. The average Bonchev–Trinajstić information content (AvgIpc) is 2.56. The van der Waals surface area contributed by atoms with Crippen LogP contribution in [0, 0.1) is 0 Å². The highest BCUT2D eigenvalue weighted by molar-refractivity contribution is 5.30. The fourth-order valence-electron chi connectivity index (χ4n) is 2.60. The summed E-state index contributed by atoms with van der Waals surface area (Å²) in [5, 5.41) is 3.70. The Balaban J connectivity index is 1.94. The molecule has 0 radical (unpaired) electrons. The van der Waals surface area contributed by atoms with Crippen LogP contribution in [0.5, 0.6) is 0 Å². The fraction of sp³-hybridized carbons (Fsp3) is 0.421. The molecule has 0 saturated heterocycles. The SMILES string of the molecule is CCCCCCCNC(c1ccccc1)c1ccncc1. The van der Waals surface area contributed by atoms with Crippen molar-refractivity contribution in [2.24, 2.45) is 0 Å². The summed E-state index contributed by atoms with van der Waals surface area (Å²) in [6.07, 6.45) is 10.3. The van der Waals surface area contributed by atoms with E-state index < -0.39 is 0 Å². The molecule has 21 heavy (non-hydrogen) atoms. The fourth-order valence-corrected chi connectivity index (χ4v) is 2.60. The number of rotatable bonds is 9. The number of benzene rings is 1. The van der Waals surface area contributed by atoms with E-state index in [-0.39, 0.29) is 6.04 Å². The van der Waals surface area contributed by atoms with E-state index in [0.717, 1.165) is 6.54 Å². The van der Waals surface area contributed by atoms with E-state index in [1.54, 1.807) is 0 Å². The van der Waals surface area contributed by atoms with Gasteiger partial charge >= 0.3 is 0 Å². The van der Waals surface area contributed by atoms with Crippen LogP contribution in [0.25, 0.3) is 0 Å². The molecule has 112 valence electrons. The van der Waals surface area contributed by atoms with Gasteiger partial charge in [0.2, 0.25) is 0 Å². The first-order chi connectivity index (χ1) is 10.4. The van der Waals surface area contributed by atoms with Crippen LogP contribution in [0.4, 0.5) is 0 Å². The molecule has 1 N–H and O–H groups in total. The smallest absolute Gasteiger partial charge is 0.0577 e. The maximum Gasteiger partial charge on any atom is 0.0577 e. The monoisotopic (exact) mass is 282 g/mol. The molecule has 2 nitrogen and oxygen atoms in total. The molecule has 0 aliphatic heterocycles. The van der Waals surface area contributed by atoms with Crippen molar-refractivity contribution in [1.82, 2.24) is 10.3 Å². The number of pyridine rings is 1. The minimum Gasteiger partial charge on any atom is -0.306 e. The predicted octanol–water partition coefficient (Wildman–Crippen LogP) is 4.73. The third-order valence-electron chi connectivity index (χ3n) is 3.80. The number of nitrogens with one attached hydrogen (secondary N) is 1. The largest absolute Gasteiger partial charge is 0.306 e. The van der Waals surface area contributed by atoms with Gasteiger partial charge in [0.05, 0.1) is 6.04 Å². The van der Waals surface area contributed by atoms with Gasteiger partial charge in [-0.2, -0.15) is 0 Å². The molecule has 2 heteroatoms. The minimum absolute atomic E-state index is 0.264.